The zero-order valence-corrected chi connectivity index (χ0v) is 12.7. The Labute approximate surface area is 131 Å². The van der Waals surface area contributed by atoms with Crippen molar-refractivity contribution in [2.24, 2.45) is 0 Å². The highest BCUT2D eigenvalue weighted by atomic mass is 16.2. The Morgan fingerprint density at radius 2 is 1.36 bits per heavy atom. The first-order valence-corrected chi connectivity index (χ1v) is 8.00. The van der Waals surface area contributed by atoms with Gasteiger partial charge in [0.15, 0.2) is 0 Å². The van der Waals surface area contributed by atoms with Crippen LogP contribution in [-0.2, 0) is 0 Å². The van der Waals surface area contributed by atoms with Crippen molar-refractivity contribution in [3.8, 4) is 0 Å². The van der Waals surface area contributed by atoms with Gasteiger partial charge in [0.25, 0.3) is 0 Å². The van der Waals surface area contributed by atoms with Crippen molar-refractivity contribution in [1.29, 1.82) is 0 Å². The van der Waals surface area contributed by atoms with Crippen LogP contribution in [0.3, 0.4) is 0 Å². The minimum atomic E-state index is -0.121. The van der Waals surface area contributed by atoms with Crippen molar-refractivity contribution in [2.45, 2.75) is 37.8 Å². The van der Waals surface area contributed by atoms with Gasteiger partial charge in [-0.25, -0.2) is 4.79 Å². The van der Waals surface area contributed by atoms with Crippen LogP contribution < -0.4 is 10.6 Å². The van der Waals surface area contributed by atoms with Crippen molar-refractivity contribution >= 4 is 6.03 Å². The van der Waals surface area contributed by atoms with Gasteiger partial charge in [-0.1, -0.05) is 73.5 Å². The Balaban J connectivity index is 1.75. The zero-order chi connectivity index (χ0) is 15.2. The molecule has 3 rings (SSSR count). The summed E-state index contributed by atoms with van der Waals surface area (Å²) in [7, 11) is 0. The summed E-state index contributed by atoms with van der Waals surface area (Å²) < 4.78 is 0. The van der Waals surface area contributed by atoms with Gasteiger partial charge in [-0.15, -0.1) is 0 Å². The van der Waals surface area contributed by atoms with E-state index in [2.05, 4.69) is 10.6 Å². The second-order valence-corrected chi connectivity index (χ2v) is 5.85. The maximum atomic E-state index is 12.3. The number of benzene rings is 2. The van der Waals surface area contributed by atoms with Crippen LogP contribution in [-0.4, -0.2) is 12.1 Å². The Morgan fingerprint density at radius 3 is 1.86 bits per heavy atom. The van der Waals surface area contributed by atoms with E-state index >= 15 is 0 Å². The number of carbonyl (C=O) groups is 1. The van der Waals surface area contributed by atoms with Crippen molar-refractivity contribution in [2.75, 3.05) is 0 Å². The molecule has 1 aliphatic rings. The molecule has 2 N–H and O–H groups in total. The Bertz CT molecular complexity index is 552. The van der Waals surface area contributed by atoms with Gasteiger partial charge in [-0.05, 0) is 24.0 Å². The van der Waals surface area contributed by atoms with Crippen LogP contribution in [0.15, 0.2) is 60.7 Å². The van der Waals surface area contributed by atoms with Gasteiger partial charge in [0.2, 0.25) is 0 Å². The minimum absolute atomic E-state index is 0.0791. The molecule has 1 aliphatic carbocycles. The normalized spacial score (nSPS) is 15.0. The lowest BCUT2D eigenvalue weighted by molar-refractivity contribution is 0.235. The maximum Gasteiger partial charge on any atom is 0.315 e. The summed E-state index contributed by atoms with van der Waals surface area (Å²) in [5, 5.41) is 6.23. The van der Waals surface area contributed by atoms with Gasteiger partial charge < -0.3 is 10.6 Å². The molecule has 1 fully saturated rings. The number of amides is 2. The molecule has 0 heterocycles. The maximum absolute atomic E-state index is 12.3. The van der Waals surface area contributed by atoms with Crippen molar-refractivity contribution in [3.63, 3.8) is 0 Å². The van der Waals surface area contributed by atoms with Crippen LogP contribution in [0.1, 0.15) is 42.9 Å². The lowest BCUT2D eigenvalue weighted by Gasteiger charge is -2.21. The van der Waals surface area contributed by atoms with Gasteiger partial charge in [-0.3, -0.25) is 0 Å². The molecule has 0 radical (unpaired) electrons. The van der Waals surface area contributed by atoms with E-state index in [0.29, 0.717) is 6.04 Å². The standard InChI is InChI=1S/C19H22N2O/c22-19(20-17-13-7-8-14-17)21-18(15-9-3-1-4-10-15)16-11-5-2-6-12-16/h1-6,9-12,17-18H,7-8,13-14H2,(H2,20,21,22). The van der Waals surface area contributed by atoms with Gasteiger partial charge in [0, 0.05) is 6.04 Å². The fourth-order valence-corrected chi connectivity index (χ4v) is 3.08. The van der Waals surface area contributed by atoms with Crippen molar-refractivity contribution < 1.29 is 4.79 Å². The first kappa shape index (κ1) is 14.6. The molecule has 3 heteroatoms. The molecule has 3 nitrogen and oxygen atoms in total. The molecular formula is C19H22N2O. The lowest BCUT2D eigenvalue weighted by atomic mass is 9.99. The summed E-state index contributed by atoms with van der Waals surface area (Å²) in [4.78, 5) is 12.3. The van der Waals surface area contributed by atoms with E-state index in [-0.39, 0.29) is 12.1 Å². The average molecular weight is 294 g/mol. The Hall–Kier alpha value is -2.29. The third kappa shape index (κ3) is 3.67. The summed E-state index contributed by atoms with van der Waals surface area (Å²) in [5.74, 6) is 0. The van der Waals surface area contributed by atoms with E-state index in [1.807, 2.05) is 60.7 Å². The smallest absolute Gasteiger partial charge is 0.315 e. The zero-order valence-electron chi connectivity index (χ0n) is 12.7. The van der Waals surface area contributed by atoms with Crippen molar-refractivity contribution in [3.05, 3.63) is 71.8 Å². The number of hydrogen-bond acceptors (Lipinski definition) is 1. The van der Waals surface area contributed by atoms with E-state index in [1.54, 1.807) is 0 Å². The van der Waals surface area contributed by atoms with Gasteiger partial charge >= 0.3 is 6.03 Å². The monoisotopic (exact) mass is 294 g/mol. The molecular weight excluding hydrogens is 272 g/mol. The molecule has 0 spiro atoms. The number of rotatable bonds is 4. The highest BCUT2D eigenvalue weighted by Crippen LogP contribution is 2.22. The van der Waals surface area contributed by atoms with E-state index in [0.717, 1.165) is 24.0 Å². The second kappa shape index (κ2) is 7.12. The molecule has 2 aromatic carbocycles. The summed E-state index contributed by atoms with van der Waals surface area (Å²) in [6, 6.07) is 20.3. The molecule has 0 aliphatic heterocycles. The molecule has 0 bridgehead atoms. The first-order chi connectivity index (χ1) is 10.8. The third-order valence-electron chi connectivity index (χ3n) is 4.23. The summed E-state index contributed by atoms with van der Waals surface area (Å²) in [5.41, 5.74) is 2.19. The highest BCUT2D eigenvalue weighted by Gasteiger charge is 2.20. The molecule has 0 aromatic heterocycles. The predicted octanol–water partition coefficient (Wildman–Crippen LogP) is 4.02. The fraction of sp³-hybridized carbons (Fsp3) is 0.316. The summed E-state index contributed by atoms with van der Waals surface area (Å²) in [6.45, 7) is 0. The Morgan fingerprint density at radius 1 is 0.864 bits per heavy atom. The molecule has 2 aromatic rings. The predicted molar refractivity (Wildman–Crippen MR) is 88.7 cm³/mol. The van der Waals surface area contributed by atoms with E-state index in [9.17, 15) is 4.79 Å². The van der Waals surface area contributed by atoms with E-state index in [1.165, 1.54) is 12.8 Å². The van der Waals surface area contributed by atoms with Crippen LogP contribution in [0, 0.1) is 0 Å². The molecule has 22 heavy (non-hydrogen) atoms. The van der Waals surface area contributed by atoms with Crippen LogP contribution in [0.4, 0.5) is 4.79 Å². The quantitative estimate of drug-likeness (QED) is 0.878. The second-order valence-electron chi connectivity index (χ2n) is 5.85. The van der Waals surface area contributed by atoms with Crippen molar-refractivity contribution in [1.82, 2.24) is 10.6 Å². The first-order valence-electron chi connectivity index (χ1n) is 8.00. The molecule has 1 saturated carbocycles. The number of carbonyl (C=O) groups excluding carboxylic acids is 1. The van der Waals surface area contributed by atoms with Crippen LogP contribution in [0.2, 0.25) is 0 Å². The molecule has 114 valence electrons. The molecule has 2 amide bonds. The summed E-state index contributed by atoms with van der Waals surface area (Å²) >= 11 is 0. The van der Waals surface area contributed by atoms with E-state index < -0.39 is 0 Å². The van der Waals surface area contributed by atoms with Crippen LogP contribution in [0.25, 0.3) is 0 Å². The molecule has 0 atom stereocenters. The topological polar surface area (TPSA) is 41.1 Å². The largest absolute Gasteiger partial charge is 0.335 e. The third-order valence-corrected chi connectivity index (χ3v) is 4.23. The number of urea groups is 1. The molecule has 0 saturated heterocycles. The lowest BCUT2D eigenvalue weighted by Crippen LogP contribution is -2.42. The SMILES string of the molecule is O=C(NC1CCCC1)NC(c1ccccc1)c1ccccc1. The summed E-state index contributed by atoms with van der Waals surface area (Å²) in [6.07, 6.45) is 4.61. The van der Waals surface area contributed by atoms with Gasteiger partial charge in [0.1, 0.15) is 0 Å². The van der Waals surface area contributed by atoms with Crippen LogP contribution >= 0.6 is 0 Å². The van der Waals surface area contributed by atoms with Gasteiger partial charge in [0.05, 0.1) is 6.04 Å². The Kier molecular flexibility index (Phi) is 4.74. The number of hydrogen-bond donors (Lipinski definition) is 2. The van der Waals surface area contributed by atoms with Crippen LogP contribution in [0.5, 0.6) is 0 Å². The van der Waals surface area contributed by atoms with E-state index in [4.69, 9.17) is 0 Å². The highest BCUT2D eigenvalue weighted by molar-refractivity contribution is 5.75. The molecule has 0 unspecified atom stereocenters. The van der Waals surface area contributed by atoms with Gasteiger partial charge in [-0.2, -0.15) is 0 Å². The minimum Gasteiger partial charge on any atom is -0.335 e. The average Bonchev–Trinajstić information content (AvgIpc) is 3.07. The fourth-order valence-electron chi connectivity index (χ4n) is 3.08. The number of nitrogens with one attached hydrogen (secondary N) is 2.